The fourth-order valence-corrected chi connectivity index (χ4v) is 2.19. The Hall–Kier alpha value is -1.89. The average Bonchev–Trinajstić information content (AvgIpc) is 2.43. The molecular weight excluding hydrogens is 340 g/mol. The van der Waals surface area contributed by atoms with Crippen LogP contribution in [0.3, 0.4) is 0 Å². The summed E-state index contributed by atoms with van der Waals surface area (Å²) in [6.07, 6.45) is -0.108. The number of esters is 1. The van der Waals surface area contributed by atoms with Crippen LogP contribution in [0.1, 0.15) is 13.8 Å². The van der Waals surface area contributed by atoms with E-state index in [1.165, 1.54) is 7.11 Å². The van der Waals surface area contributed by atoms with Crippen molar-refractivity contribution < 1.29 is 14.3 Å². The molecule has 0 radical (unpaired) electrons. The van der Waals surface area contributed by atoms with Crippen molar-refractivity contribution in [3.05, 3.63) is 33.0 Å². The smallest absolute Gasteiger partial charge is 0.327 e. The first-order valence-corrected chi connectivity index (χ1v) is 7.15. The number of hydrogen-bond donors (Lipinski definition) is 0. The Kier molecular flexibility index (Phi) is 4.62. The Balaban J connectivity index is 2.66. The minimum atomic E-state index is -0.545. The normalized spacial score (nSPS) is 10.9. The highest BCUT2D eigenvalue weighted by Gasteiger charge is 2.15. The summed E-state index contributed by atoms with van der Waals surface area (Å²) in [7, 11) is 1.26. The molecule has 1 aromatic heterocycles. The topological polar surface area (TPSA) is 70.4 Å². The van der Waals surface area contributed by atoms with E-state index in [0.717, 1.165) is 9.15 Å². The molecule has 0 saturated carbocycles. The van der Waals surface area contributed by atoms with Crippen LogP contribution >= 0.6 is 15.9 Å². The van der Waals surface area contributed by atoms with Crippen molar-refractivity contribution in [2.24, 2.45) is 0 Å². The summed E-state index contributed by atoms with van der Waals surface area (Å²) in [6.45, 7) is 3.47. The molecule has 112 valence electrons. The van der Waals surface area contributed by atoms with Gasteiger partial charge in [0, 0.05) is 4.47 Å². The Labute approximate surface area is 129 Å². The van der Waals surface area contributed by atoms with Gasteiger partial charge in [-0.15, -0.1) is 5.10 Å². The average molecular weight is 355 g/mol. The van der Waals surface area contributed by atoms with E-state index >= 15 is 0 Å². The van der Waals surface area contributed by atoms with E-state index in [1.807, 2.05) is 13.8 Å². The quantitative estimate of drug-likeness (QED) is 0.786. The molecular formula is C14H15BrN2O4. The molecule has 0 aliphatic carbocycles. The van der Waals surface area contributed by atoms with Crippen LogP contribution < -0.4 is 10.3 Å². The van der Waals surface area contributed by atoms with Gasteiger partial charge >= 0.3 is 5.97 Å². The van der Waals surface area contributed by atoms with Crippen molar-refractivity contribution in [2.45, 2.75) is 26.5 Å². The van der Waals surface area contributed by atoms with Crippen LogP contribution in [0.15, 0.2) is 27.5 Å². The fourth-order valence-electron chi connectivity index (χ4n) is 1.83. The molecule has 0 saturated heterocycles. The highest BCUT2D eigenvalue weighted by molar-refractivity contribution is 9.10. The number of methoxy groups -OCH3 is 1. The van der Waals surface area contributed by atoms with Crippen LogP contribution in [0.2, 0.25) is 0 Å². The lowest BCUT2D eigenvalue weighted by atomic mass is 10.2. The highest BCUT2D eigenvalue weighted by Crippen LogP contribution is 2.25. The van der Waals surface area contributed by atoms with Crippen LogP contribution in [0, 0.1) is 0 Å². The van der Waals surface area contributed by atoms with E-state index in [2.05, 4.69) is 25.8 Å². The minimum Gasteiger partial charge on any atom is -0.473 e. The molecule has 0 spiro atoms. The number of aromatic nitrogens is 2. The molecule has 1 aromatic carbocycles. The van der Waals surface area contributed by atoms with Crippen molar-refractivity contribution in [2.75, 3.05) is 7.11 Å². The monoisotopic (exact) mass is 354 g/mol. The van der Waals surface area contributed by atoms with Gasteiger partial charge in [-0.1, -0.05) is 15.9 Å². The minimum absolute atomic E-state index is 0.108. The van der Waals surface area contributed by atoms with Crippen LogP contribution in [-0.2, 0) is 16.1 Å². The van der Waals surface area contributed by atoms with Crippen molar-refractivity contribution in [1.82, 2.24) is 9.78 Å². The Bertz CT molecular complexity index is 740. The summed E-state index contributed by atoms with van der Waals surface area (Å²) in [4.78, 5) is 23.7. The zero-order valence-corrected chi connectivity index (χ0v) is 13.5. The maximum atomic E-state index is 12.4. The molecule has 0 atom stereocenters. The van der Waals surface area contributed by atoms with E-state index in [1.54, 1.807) is 18.2 Å². The van der Waals surface area contributed by atoms with Gasteiger partial charge in [-0.2, -0.15) is 0 Å². The van der Waals surface area contributed by atoms with Gasteiger partial charge in [0.2, 0.25) is 5.88 Å². The van der Waals surface area contributed by atoms with Crippen molar-refractivity contribution >= 4 is 32.7 Å². The molecule has 7 heteroatoms. The van der Waals surface area contributed by atoms with Crippen LogP contribution in [0.4, 0.5) is 0 Å². The standard InChI is InChI=1S/C14H15BrN2O4/c1-8(2)21-13-11-6-9(15)4-5-10(11)14(19)17(16-13)7-12(18)20-3/h4-6,8H,7H2,1-3H3. The highest BCUT2D eigenvalue weighted by atomic mass is 79.9. The third-order valence-electron chi connectivity index (χ3n) is 2.74. The van der Waals surface area contributed by atoms with Gasteiger partial charge in [0.05, 0.1) is 24.0 Å². The summed E-state index contributed by atoms with van der Waals surface area (Å²) < 4.78 is 12.1. The van der Waals surface area contributed by atoms with Gasteiger partial charge in [-0.25, -0.2) is 4.68 Å². The fraction of sp³-hybridized carbons (Fsp3) is 0.357. The van der Waals surface area contributed by atoms with Crippen molar-refractivity contribution in [3.8, 4) is 5.88 Å². The summed E-state index contributed by atoms with van der Waals surface area (Å²) in [6, 6.07) is 5.19. The lowest BCUT2D eigenvalue weighted by molar-refractivity contribution is -0.141. The molecule has 0 aliphatic heterocycles. The van der Waals surface area contributed by atoms with E-state index < -0.39 is 5.97 Å². The number of rotatable bonds is 4. The second kappa shape index (κ2) is 6.26. The first kappa shape index (κ1) is 15.5. The molecule has 21 heavy (non-hydrogen) atoms. The van der Waals surface area contributed by atoms with Gasteiger partial charge in [-0.3, -0.25) is 9.59 Å². The molecule has 0 bridgehead atoms. The number of carbonyl (C=O) groups is 1. The predicted octanol–water partition coefficient (Wildman–Crippen LogP) is 2.12. The third-order valence-corrected chi connectivity index (χ3v) is 3.24. The predicted molar refractivity (Wildman–Crippen MR) is 81.5 cm³/mol. The van der Waals surface area contributed by atoms with E-state index in [4.69, 9.17) is 4.74 Å². The van der Waals surface area contributed by atoms with Crippen molar-refractivity contribution in [1.29, 1.82) is 0 Å². The van der Waals surface area contributed by atoms with Gasteiger partial charge in [0.25, 0.3) is 5.56 Å². The SMILES string of the molecule is COC(=O)Cn1nc(OC(C)C)c2cc(Br)ccc2c1=O. The zero-order chi connectivity index (χ0) is 15.6. The number of nitrogens with zero attached hydrogens (tertiary/aromatic N) is 2. The summed E-state index contributed by atoms with van der Waals surface area (Å²) in [5.41, 5.74) is -0.362. The van der Waals surface area contributed by atoms with Gasteiger partial charge in [-0.05, 0) is 32.0 Å². The van der Waals surface area contributed by atoms with Crippen LogP contribution in [-0.4, -0.2) is 29.0 Å². The summed E-state index contributed by atoms with van der Waals surface area (Å²) in [5.74, 6) is -0.235. The maximum absolute atomic E-state index is 12.4. The summed E-state index contributed by atoms with van der Waals surface area (Å²) in [5, 5.41) is 5.17. The van der Waals surface area contributed by atoms with Crippen LogP contribution in [0.5, 0.6) is 5.88 Å². The molecule has 2 rings (SSSR count). The van der Waals surface area contributed by atoms with Gasteiger partial charge < -0.3 is 9.47 Å². The van der Waals surface area contributed by atoms with E-state index in [9.17, 15) is 9.59 Å². The number of ether oxygens (including phenoxy) is 2. The maximum Gasteiger partial charge on any atom is 0.327 e. The van der Waals surface area contributed by atoms with E-state index in [0.29, 0.717) is 16.7 Å². The van der Waals surface area contributed by atoms with Crippen molar-refractivity contribution in [3.63, 3.8) is 0 Å². The molecule has 1 heterocycles. The van der Waals surface area contributed by atoms with E-state index in [-0.39, 0.29) is 18.2 Å². The first-order chi connectivity index (χ1) is 9.92. The number of fused-ring (bicyclic) bond motifs is 1. The largest absolute Gasteiger partial charge is 0.473 e. The lowest BCUT2D eigenvalue weighted by Gasteiger charge is -2.13. The Morgan fingerprint density at radius 3 is 2.71 bits per heavy atom. The number of carbonyl (C=O) groups excluding carboxylic acids is 1. The molecule has 0 amide bonds. The zero-order valence-electron chi connectivity index (χ0n) is 11.9. The molecule has 0 N–H and O–H groups in total. The number of hydrogen-bond acceptors (Lipinski definition) is 5. The van der Waals surface area contributed by atoms with Gasteiger partial charge in [0.15, 0.2) is 0 Å². The second-order valence-electron chi connectivity index (χ2n) is 4.70. The molecule has 2 aromatic rings. The van der Waals surface area contributed by atoms with Crippen LogP contribution in [0.25, 0.3) is 10.8 Å². The van der Waals surface area contributed by atoms with Gasteiger partial charge in [0.1, 0.15) is 6.54 Å². The first-order valence-electron chi connectivity index (χ1n) is 6.36. The Morgan fingerprint density at radius 1 is 1.38 bits per heavy atom. The molecule has 0 unspecified atom stereocenters. The lowest BCUT2D eigenvalue weighted by Crippen LogP contribution is -2.28. The number of benzene rings is 1. The number of halogens is 1. The Morgan fingerprint density at radius 2 is 2.10 bits per heavy atom. The summed E-state index contributed by atoms with van der Waals surface area (Å²) >= 11 is 3.36. The molecule has 0 fully saturated rings. The molecule has 0 aliphatic rings. The molecule has 6 nitrogen and oxygen atoms in total. The second-order valence-corrected chi connectivity index (χ2v) is 5.62. The third kappa shape index (κ3) is 3.41.